The number of hydrogen-bond donors (Lipinski definition) is 0. The molecule has 0 saturated heterocycles. The average molecular weight is 472 g/mol. The second kappa shape index (κ2) is 10.7. The second-order valence-corrected chi connectivity index (χ2v) is 9.13. The zero-order chi connectivity index (χ0) is 21.5. The lowest BCUT2D eigenvalue weighted by Gasteiger charge is -2.12. The summed E-state index contributed by atoms with van der Waals surface area (Å²) in [4.78, 5) is 5.02. The first-order chi connectivity index (χ1) is 15.3. The number of unbranched alkanes of at least 4 members (excludes halogenated alkanes) is 5. The monoisotopic (exact) mass is 471 g/mol. The number of para-hydroxylation sites is 1. The van der Waals surface area contributed by atoms with Crippen LogP contribution < -0.4 is 0 Å². The number of pyridine rings is 1. The summed E-state index contributed by atoms with van der Waals surface area (Å²) < 4.78 is 1.03. The predicted molar refractivity (Wildman–Crippen MR) is 137 cm³/mol. The van der Waals surface area contributed by atoms with Crippen molar-refractivity contribution in [2.75, 3.05) is 0 Å². The highest BCUT2D eigenvalue weighted by Crippen LogP contribution is 2.35. The van der Waals surface area contributed by atoms with Crippen LogP contribution in [0.3, 0.4) is 0 Å². The Kier molecular flexibility index (Phi) is 7.53. The fourth-order valence-corrected chi connectivity index (χ4v) is 4.62. The second-order valence-electron chi connectivity index (χ2n) is 8.27. The molecule has 0 bridgehead atoms. The van der Waals surface area contributed by atoms with Gasteiger partial charge in [0.15, 0.2) is 0 Å². The Balaban J connectivity index is 1.59. The summed E-state index contributed by atoms with van der Waals surface area (Å²) in [5, 5.41) is 1.17. The molecule has 0 N–H and O–H groups in total. The molecule has 4 aromatic rings. The van der Waals surface area contributed by atoms with Crippen LogP contribution in [0, 0.1) is 0 Å². The summed E-state index contributed by atoms with van der Waals surface area (Å²) in [6.07, 6.45) is 9.21. The molecule has 2 heteroatoms. The largest absolute Gasteiger partial charge is 0.247 e. The van der Waals surface area contributed by atoms with Crippen LogP contribution in [0.5, 0.6) is 0 Å². The fourth-order valence-electron chi connectivity index (χ4n) is 4.17. The summed E-state index contributed by atoms with van der Waals surface area (Å²) in [5.41, 5.74) is 7.05. The zero-order valence-corrected chi connectivity index (χ0v) is 19.9. The van der Waals surface area contributed by atoms with Gasteiger partial charge in [0.05, 0.1) is 11.2 Å². The molecule has 0 aliphatic rings. The van der Waals surface area contributed by atoms with E-state index >= 15 is 0 Å². The molecule has 0 aliphatic carbocycles. The number of rotatable bonds is 9. The lowest BCUT2D eigenvalue weighted by Crippen LogP contribution is -1.92. The van der Waals surface area contributed by atoms with Gasteiger partial charge in [0, 0.05) is 15.4 Å². The Hall–Kier alpha value is -2.45. The van der Waals surface area contributed by atoms with E-state index in [0.29, 0.717) is 0 Å². The Morgan fingerprint density at radius 2 is 1.45 bits per heavy atom. The Bertz CT molecular complexity index is 1120. The van der Waals surface area contributed by atoms with Crippen molar-refractivity contribution in [2.45, 2.75) is 51.9 Å². The standard InChI is InChI=1S/C29H30BrN/c1-2-3-4-5-6-8-12-22-17-19-24(20-18-22)28-21-26(23-13-9-7-10-14-23)25-15-11-16-27(30)29(25)31-28/h7,9-11,13-21H,2-6,8,12H2,1H3. The van der Waals surface area contributed by atoms with Gasteiger partial charge < -0.3 is 0 Å². The molecule has 1 heterocycles. The maximum atomic E-state index is 5.02. The van der Waals surface area contributed by atoms with Crippen molar-refractivity contribution >= 4 is 26.8 Å². The van der Waals surface area contributed by atoms with Gasteiger partial charge in [0.2, 0.25) is 0 Å². The van der Waals surface area contributed by atoms with Crippen LogP contribution in [0.25, 0.3) is 33.3 Å². The van der Waals surface area contributed by atoms with Crippen LogP contribution >= 0.6 is 15.9 Å². The zero-order valence-electron chi connectivity index (χ0n) is 18.3. The van der Waals surface area contributed by atoms with Crippen LogP contribution in [0.4, 0.5) is 0 Å². The number of nitrogens with zero attached hydrogens (tertiary/aromatic N) is 1. The number of halogens is 1. The number of aryl methyl sites for hydroxylation is 1. The van der Waals surface area contributed by atoms with Gasteiger partial charge in [-0.25, -0.2) is 4.98 Å². The van der Waals surface area contributed by atoms with E-state index in [-0.39, 0.29) is 0 Å². The molecule has 0 radical (unpaired) electrons. The smallest absolute Gasteiger partial charge is 0.0857 e. The molecule has 0 atom stereocenters. The predicted octanol–water partition coefficient (Wildman–Crippen LogP) is 9.23. The molecule has 1 nitrogen and oxygen atoms in total. The van der Waals surface area contributed by atoms with Gasteiger partial charge in [-0.1, -0.05) is 106 Å². The van der Waals surface area contributed by atoms with Crippen LogP contribution in [0.15, 0.2) is 83.3 Å². The van der Waals surface area contributed by atoms with Crippen LogP contribution in [-0.4, -0.2) is 4.98 Å². The van der Waals surface area contributed by atoms with E-state index in [1.165, 1.54) is 72.6 Å². The highest BCUT2D eigenvalue weighted by Gasteiger charge is 2.11. The molecular weight excluding hydrogens is 442 g/mol. The van der Waals surface area contributed by atoms with E-state index < -0.39 is 0 Å². The van der Waals surface area contributed by atoms with E-state index in [4.69, 9.17) is 4.98 Å². The molecule has 0 unspecified atom stereocenters. The van der Waals surface area contributed by atoms with Gasteiger partial charge in [-0.15, -0.1) is 0 Å². The quantitative estimate of drug-likeness (QED) is 0.221. The van der Waals surface area contributed by atoms with Gasteiger partial charge >= 0.3 is 0 Å². The highest BCUT2D eigenvalue weighted by molar-refractivity contribution is 9.10. The minimum absolute atomic E-state index is 1.01. The molecule has 0 fully saturated rings. The van der Waals surface area contributed by atoms with Crippen molar-refractivity contribution in [1.29, 1.82) is 0 Å². The third kappa shape index (κ3) is 5.43. The number of aromatic nitrogens is 1. The van der Waals surface area contributed by atoms with Gasteiger partial charge in [0.25, 0.3) is 0 Å². The molecular formula is C29H30BrN. The van der Waals surface area contributed by atoms with Gasteiger partial charge in [0.1, 0.15) is 0 Å². The van der Waals surface area contributed by atoms with Gasteiger partial charge in [-0.2, -0.15) is 0 Å². The summed E-state index contributed by atoms with van der Waals surface area (Å²) in [6.45, 7) is 2.27. The van der Waals surface area contributed by atoms with Crippen molar-refractivity contribution in [3.8, 4) is 22.4 Å². The molecule has 0 saturated carbocycles. The van der Waals surface area contributed by atoms with Crippen LogP contribution in [0.1, 0.15) is 51.0 Å². The SMILES string of the molecule is CCCCCCCCc1ccc(-c2cc(-c3ccccc3)c3cccc(Br)c3n2)cc1. The summed E-state index contributed by atoms with van der Waals surface area (Å²) >= 11 is 3.71. The molecule has 4 rings (SSSR count). The van der Waals surface area contributed by atoms with Crippen LogP contribution in [-0.2, 0) is 6.42 Å². The van der Waals surface area contributed by atoms with Crippen molar-refractivity contribution in [3.63, 3.8) is 0 Å². The minimum atomic E-state index is 1.01. The summed E-state index contributed by atoms with van der Waals surface area (Å²) in [7, 11) is 0. The lowest BCUT2D eigenvalue weighted by atomic mass is 9.97. The highest BCUT2D eigenvalue weighted by atomic mass is 79.9. The van der Waals surface area contributed by atoms with E-state index in [0.717, 1.165) is 15.7 Å². The molecule has 1 aromatic heterocycles. The number of hydrogen-bond acceptors (Lipinski definition) is 1. The molecule has 0 aliphatic heterocycles. The normalized spacial score (nSPS) is 11.2. The van der Waals surface area contributed by atoms with Crippen molar-refractivity contribution < 1.29 is 0 Å². The van der Waals surface area contributed by atoms with Gasteiger partial charge in [-0.05, 0) is 57.6 Å². The molecule has 158 valence electrons. The Morgan fingerprint density at radius 3 is 2.23 bits per heavy atom. The Labute approximate surface area is 194 Å². The molecule has 0 spiro atoms. The third-order valence-electron chi connectivity index (χ3n) is 5.94. The van der Waals surface area contributed by atoms with Gasteiger partial charge in [-0.3, -0.25) is 0 Å². The summed E-state index contributed by atoms with van der Waals surface area (Å²) in [5.74, 6) is 0. The molecule has 31 heavy (non-hydrogen) atoms. The van der Waals surface area contributed by atoms with E-state index in [9.17, 15) is 0 Å². The number of benzene rings is 3. The topological polar surface area (TPSA) is 12.9 Å². The lowest BCUT2D eigenvalue weighted by molar-refractivity contribution is 0.607. The molecule has 3 aromatic carbocycles. The summed E-state index contributed by atoms with van der Waals surface area (Å²) in [6, 6.07) is 28.1. The number of fused-ring (bicyclic) bond motifs is 1. The fraction of sp³-hybridized carbons (Fsp3) is 0.276. The first kappa shape index (κ1) is 21.8. The third-order valence-corrected chi connectivity index (χ3v) is 6.58. The van der Waals surface area contributed by atoms with Crippen molar-refractivity contribution in [3.05, 3.63) is 88.9 Å². The first-order valence-electron chi connectivity index (χ1n) is 11.5. The Morgan fingerprint density at radius 1 is 0.710 bits per heavy atom. The van der Waals surface area contributed by atoms with E-state index in [1.54, 1.807) is 0 Å². The maximum Gasteiger partial charge on any atom is 0.0857 e. The van der Waals surface area contributed by atoms with Crippen LogP contribution in [0.2, 0.25) is 0 Å². The van der Waals surface area contributed by atoms with Crippen molar-refractivity contribution in [2.24, 2.45) is 0 Å². The minimum Gasteiger partial charge on any atom is -0.247 e. The van der Waals surface area contributed by atoms with E-state index in [1.807, 2.05) is 0 Å². The average Bonchev–Trinajstić information content (AvgIpc) is 2.82. The maximum absolute atomic E-state index is 5.02. The molecule has 0 amide bonds. The van der Waals surface area contributed by atoms with Crippen molar-refractivity contribution in [1.82, 2.24) is 4.98 Å². The first-order valence-corrected chi connectivity index (χ1v) is 12.3. The van der Waals surface area contributed by atoms with E-state index in [2.05, 4.69) is 102 Å².